The molecule has 0 aliphatic heterocycles. The first kappa shape index (κ1) is 24.7. The van der Waals surface area contributed by atoms with E-state index in [0.717, 1.165) is 38.5 Å². The van der Waals surface area contributed by atoms with E-state index in [4.69, 9.17) is 10.5 Å². The molecular weight excluding hydrogens is 431 g/mol. The van der Waals surface area contributed by atoms with Crippen molar-refractivity contribution in [2.75, 3.05) is 18.9 Å². The van der Waals surface area contributed by atoms with E-state index < -0.39 is 15.3 Å². The number of ether oxygens (including phenoxy) is 1. The summed E-state index contributed by atoms with van der Waals surface area (Å²) in [7, 11) is -3.46. The highest BCUT2D eigenvalue weighted by molar-refractivity contribution is 7.91. The number of nitrogens with one attached hydrogen (secondary N) is 1. The molecule has 4 rings (SSSR count). The first-order chi connectivity index (χ1) is 14.9. The lowest BCUT2D eigenvalue weighted by Gasteiger charge is -2.54. The quantitative estimate of drug-likeness (QED) is 0.605. The van der Waals surface area contributed by atoms with Gasteiger partial charge in [0, 0.05) is 23.1 Å². The summed E-state index contributed by atoms with van der Waals surface area (Å²) in [5.41, 5.74) is 4.88. The van der Waals surface area contributed by atoms with Crippen molar-refractivity contribution in [3.05, 3.63) is 36.2 Å². The third-order valence-electron chi connectivity index (χ3n) is 6.98. The van der Waals surface area contributed by atoms with Crippen LogP contribution in [0.25, 0.3) is 0 Å². The fraction of sp³-hybridized carbons (Fsp3) is 0.625. The second kappa shape index (κ2) is 9.14. The molecule has 3 N–H and O–H groups in total. The molecule has 0 atom stereocenters. The number of carbonyl (C=O) groups is 1. The topological polar surface area (TPSA) is 98.5 Å². The molecular formula is C24H35FN2O4S. The van der Waals surface area contributed by atoms with Crippen LogP contribution < -0.4 is 15.8 Å². The number of sulfone groups is 1. The Bertz CT molecular complexity index is 940. The maximum atomic E-state index is 13.2. The van der Waals surface area contributed by atoms with Crippen molar-refractivity contribution < 1.29 is 22.3 Å². The van der Waals surface area contributed by atoms with Gasteiger partial charge in [0.2, 0.25) is 5.91 Å². The Kier molecular flexibility index (Phi) is 7.05. The number of benzene rings is 1. The van der Waals surface area contributed by atoms with Crippen LogP contribution in [0.3, 0.4) is 0 Å². The van der Waals surface area contributed by atoms with Crippen LogP contribution >= 0.6 is 0 Å². The fourth-order valence-electron chi connectivity index (χ4n) is 4.64. The molecule has 0 unspecified atom stereocenters. The average Bonchev–Trinajstić information content (AvgIpc) is 2.75. The Labute approximate surface area is 190 Å². The minimum Gasteiger partial charge on any atom is -0.489 e. The lowest BCUT2D eigenvalue weighted by molar-refractivity contribution is -0.132. The van der Waals surface area contributed by atoms with Crippen LogP contribution in [-0.4, -0.2) is 38.8 Å². The standard InChI is InChI=1S/C24H35FN2O4S/c1-22(2,3)21(28)27-24-11-8-23(9-12-24,10-13-24)17-32(29,30)20-6-4-19(5-7-20)31-16-18(14-25)15-26/h4-7,14H,8-13,15-17,26H2,1-3H3,(H,27,28)/b18-14+. The maximum absolute atomic E-state index is 13.2. The SMILES string of the molecule is CC(C)(C)C(=O)NC12CCC(CS(=O)(=O)c3ccc(OC/C(=C/F)CN)cc3)(CC1)CC2. The summed E-state index contributed by atoms with van der Waals surface area (Å²) < 4.78 is 44.4. The number of nitrogens with two attached hydrogens (primary N) is 1. The zero-order valence-corrected chi connectivity index (χ0v) is 20.1. The van der Waals surface area contributed by atoms with Crippen LogP contribution in [0.1, 0.15) is 59.3 Å². The lowest BCUT2D eigenvalue weighted by atomic mass is 9.58. The van der Waals surface area contributed by atoms with E-state index in [1.807, 2.05) is 20.8 Å². The first-order valence-electron chi connectivity index (χ1n) is 11.2. The first-order valence-corrected chi connectivity index (χ1v) is 12.8. The van der Waals surface area contributed by atoms with Crippen LogP contribution in [0, 0.1) is 10.8 Å². The minimum absolute atomic E-state index is 0.0235. The van der Waals surface area contributed by atoms with Crippen molar-refractivity contribution in [2.24, 2.45) is 16.6 Å². The molecule has 8 heteroatoms. The second-order valence-corrected chi connectivity index (χ2v) is 12.5. The maximum Gasteiger partial charge on any atom is 0.225 e. The van der Waals surface area contributed by atoms with Gasteiger partial charge in [-0.05, 0) is 68.2 Å². The number of hydrogen-bond donors (Lipinski definition) is 2. The molecule has 178 valence electrons. The third-order valence-corrected chi connectivity index (χ3v) is 8.96. The predicted octanol–water partition coefficient (Wildman–Crippen LogP) is 3.91. The number of hydrogen-bond acceptors (Lipinski definition) is 5. The minimum atomic E-state index is -3.46. The molecule has 32 heavy (non-hydrogen) atoms. The molecule has 3 saturated carbocycles. The van der Waals surface area contributed by atoms with Gasteiger partial charge in [0.25, 0.3) is 0 Å². The average molecular weight is 467 g/mol. The van der Waals surface area contributed by atoms with Crippen LogP contribution in [0.2, 0.25) is 0 Å². The Hall–Kier alpha value is -1.93. The van der Waals surface area contributed by atoms with E-state index in [9.17, 15) is 17.6 Å². The molecule has 1 amide bonds. The van der Waals surface area contributed by atoms with Gasteiger partial charge >= 0.3 is 0 Å². The number of fused-ring (bicyclic) bond motifs is 3. The third kappa shape index (κ3) is 5.52. The van der Waals surface area contributed by atoms with Gasteiger partial charge in [0.05, 0.1) is 17.0 Å². The van der Waals surface area contributed by atoms with Crippen molar-refractivity contribution >= 4 is 15.7 Å². The normalized spacial score (nSPS) is 26.1. The number of amides is 1. The Morgan fingerprint density at radius 1 is 1.12 bits per heavy atom. The van der Waals surface area contributed by atoms with Gasteiger partial charge in [-0.1, -0.05) is 20.8 Å². The molecule has 0 aromatic heterocycles. The lowest BCUT2D eigenvalue weighted by Crippen LogP contribution is -2.59. The molecule has 0 heterocycles. The van der Waals surface area contributed by atoms with Gasteiger partial charge in [-0.15, -0.1) is 0 Å². The van der Waals surface area contributed by atoms with Gasteiger partial charge < -0.3 is 15.8 Å². The van der Waals surface area contributed by atoms with Crippen molar-refractivity contribution in [3.63, 3.8) is 0 Å². The van der Waals surface area contributed by atoms with E-state index in [1.54, 1.807) is 24.3 Å². The number of carbonyl (C=O) groups excluding carboxylic acids is 1. The highest BCUT2D eigenvalue weighted by atomic mass is 32.2. The second-order valence-electron chi connectivity index (χ2n) is 10.5. The number of rotatable bonds is 8. The molecule has 1 aromatic carbocycles. The van der Waals surface area contributed by atoms with E-state index in [2.05, 4.69) is 5.32 Å². The molecule has 0 radical (unpaired) electrons. The molecule has 0 spiro atoms. The van der Waals surface area contributed by atoms with Crippen LogP contribution in [0.15, 0.2) is 41.1 Å². The van der Waals surface area contributed by atoms with E-state index in [-0.39, 0.29) is 40.7 Å². The van der Waals surface area contributed by atoms with E-state index in [0.29, 0.717) is 17.7 Å². The Morgan fingerprint density at radius 2 is 1.69 bits per heavy atom. The summed E-state index contributed by atoms with van der Waals surface area (Å²) in [5.74, 6) is 0.637. The molecule has 2 bridgehead atoms. The predicted molar refractivity (Wildman–Crippen MR) is 123 cm³/mol. The fourth-order valence-corrected chi connectivity index (χ4v) is 6.59. The molecule has 3 aliphatic carbocycles. The Balaban J connectivity index is 1.62. The van der Waals surface area contributed by atoms with Crippen molar-refractivity contribution in [1.82, 2.24) is 5.32 Å². The monoisotopic (exact) mass is 466 g/mol. The zero-order chi connectivity index (χ0) is 23.6. The van der Waals surface area contributed by atoms with Gasteiger partial charge in [0.1, 0.15) is 12.4 Å². The highest BCUT2D eigenvalue weighted by Crippen LogP contribution is 2.53. The summed E-state index contributed by atoms with van der Waals surface area (Å²) in [6.45, 7) is 5.81. The van der Waals surface area contributed by atoms with Gasteiger partial charge in [-0.2, -0.15) is 0 Å². The Morgan fingerprint density at radius 3 is 2.16 bits per heavy atom. The van der Waals surface area contributed by atoms with Crippen LogP contribution in [0.5, 0.6) is 5.75 Å². The van der Waals surface area contributed by atoms with Gasteiger partial charge in [0.15, 0.2) is 9.84 Å². The molecule has 1 aromatic rings. The van der Waals surface area contributed by atoms with Gasteiger partial charge in [-0.3, -0.25) is 4.79 Å². The van der Waals surface area contributed by atoms with E-state index in [1.165, 1.54) is 0 Å². The summed E-state index contributed by atoms with van der Waals surface area (Å²) in [5, 5.41) is 3.27. The molecule has 3 fully saturated rings. The molecule has 3 aliphatic rings. The van der Waals surface area contributed by atoms with Crippen LogP contribution in [0.4, 0.5) is 4.39 Å². The van der Waals surface area contributed by atoms with Crippen molar-refractivity contribution in [2.45, 2.75) is 69.7 Å². The van der Waals surface area contributed by atoms with Crippen molar-refractivity contribution in [1.29, 1.82) is 0 Å². The van der Waals surface area contributed by atoms with Crippen molar-refractivity contribution in [3.8, 4) is 5.75 Å². The smallest absolute Gasteiger partial charge is 0.225 e. The van der Waals surface area contributed by atoms with Crippen LogP contribution in [-0.2, 0) is 14.6 Å². The highest BCUT2D eigenvalue weighted by Gasteiger charge is 2.51. The van der Waals surface area contributed by atoms with Gasteiger partial charge in [-0.25, -0.2) is 12.8 Å². The summed E-state index contributed by atoms with van der Waals surface area (Å²) in [6.07, 6.45) is 5.30. The van der Waals surface area contributed by atoms with E-state index >= 15 is 0 Å². The molecule has 6 nitrogen and oxygen atoms in total. The summed E-state index contributed by atoms with van der Waals surface area (Å²) >= 11 is 0. The summed E-state index contributed by atoms with van der Waals surface area (Å²) in [4.78, 5) is 12.8. The zero-order valence-electron chi connectivity index (χ0n) is 19.2. The largest absolute Gasteiger partial charge is 0.489 e. The molecule has 0 saturated heterocycles. The number of halogens is 1. The summed E-state index contributed by atoms with van der Waals surface area (Å²) in [6, 6.07) is 6.27.